The molecule has 0 aromatic heterocycles. The summed E-state index contributed by atoms with van der Waals surface area (Å²) in [5.74, 6) is 0.167. The number of halogens is 4. The van der Waals surface area contributed by atoms with Crippen molar-refractivity contribution in [3.8, 4) is 0 Å². The molecular formula is C4H6BrF3O. The molecule has 0 saturated heterocycles. The summed E-state index contributed by atoms with van der Waals surface area (Å²) >= 11 is 1.38. The van der Waals surface area contributed by atoms with E-state index in [1.807, 2.05) is 0 Å². The fourth-order valence-electron chi connectivity index (χ4n) is 0. The Balaban J connectivity index is 0. The van der Waals surface area contributed by atoms with E-state index in [-0.39, 0.29) is 5.78 Å². The Morgan fingerprint density at radius 1 is 1.33 bits per heavy atom. The van der Waals surface area contributed by atoms with Crippen LogP contribution in [0.4, 0.5) is 13.2 Å². The maximum atomic E-state index is 10.3. The second-order valence-electron chi connectivity index (χ2n) is 1.34. The summed E-state index contributed by atoms with van der Waals surface area (Å²) in [6.45, 7) is 3.06. The largest absolute Gasteiger partial charge is 0.448 e. The molecule has 0 bridgehead atoms. The van der Waals surface area contributed by atoms with Crippen molar-refractivity contribution in [1.82, 2.24) is 0 Å². The molecule has 0 fully saturated rings. The molecule has 56 valence electrons. The summed E-state index contributed by atoms with van der Waals surface area (Å²) < 4.78 is 30.8. The molecule has 9 heavy (non-hydrogen) atoms. The molecule has 0 radical (unpaired) electrons. The van der Waals surface area contributed by atoms with Crippen molar-refractivity contribution in [2.45, 2.75) is 18.9 Å². The van der Waals surface area contributed by atoms with Crippen LogP contribution in [-0.4, -0.2) is 10.9 Å². The molecular weight excluding hydrogens is 201 g/mol. The molecule has 0 N–H and O–H groups in total. The van der Waals surface area contributed by atoms with E-state index in [0.717, 1.165) is 0 Å². The molecule has 0 aromatic rings. The van der Waals surface area contributed by atoms with Crippen LogP contribution in [0.1, 0.15) is 13.8 Å². The van der Waals surface area contributed by atoms with Gasteiger partial charge in [-0.15, -0.1) is 0 Å². The summed E-state index contributed by atoms with van der Waals surface area (Å²) in [5.41, 5.74) is 0. The van der Waals surface area contributed by atoms with Crippen molar-refractivity contribution in [2.24, 2.45) is 0 Å². The van der Waals surface area contributed by atoms with E-state index in [1.54, 1.807) is 0 Å². The predicted octanol–water partition coefficient (Wildman–Crippen LogP) is 2.50. The van der Waals surface area contributed by atoms with Gasteiger partial charge in [-0.1, -0.05) is 0 Å². The lowest BCUT2D eigenvalue weighted by molar-refractivity contribution is -0.115. The molecule has 0 spiro atoms. The first kappa shape index (κ1) is 11.7. The summed E-state index contributed by atoms with van der Waals surface area (Å²) in [4.78, 5) is 9.44. The average molecular weight is 207 g/mol. The topological polar surface area (TPSA) is 17.1 Å². The lowest BCUT2D eigenvalue weighted by Crippen LogP contribution is -1.88. The first-order chi connectivity index (χ1) is 3.73. The first-order valence-electron chi connectivity index (χ1n) is 1.96. The molecule has 0 atom stereocenters. The van der Waals surface area contributed by atoms with Gasteiger partial charge in [-0.2, -0.15) is 13.2 Å². The van der Waals surface area contributed by atoms with Crippen LogP contribution in [0.5, 0.6) is 0 Å². The van der Waals surface area contributed by atoms with Crippen molar-refractivity contribution in [1.29, 1.82) is 0 Å². The minimum atomic E-state index is -4.19. The summed E-state index contributed by atoms with van der Waals surface area (Å²) in [6.07, 6.45) is 0. The third kappa shape index (κ3) is 77800. The van der Waals surface area contributed by atoms with Crippen LogP contribution in [0.15, 0.2) is 0 Å². The molecule has 0 aliphatic rings. The van der Waals surface area contributed by atoms with Crippen LogP contribution in [0.25, 0.3) is 0 Å². The van der Waals surface area contributed by atoms with Gasteiger partial charge in [0, 0.05) is 15.9 Å². The zero-order valence-electron chi connectivity index (χ0n) is 4.92. The zero-order chi connectivity index (χ0) is 8.08. The highest BCUT2D eigenvalue weighted by Gasteiger charge is 2.19. The number of carbonyl (C=O) groups excluding carboxylic acids is 1. The zero-order valence-corrected chi connectivity index (χ0v) is 6.51. The van der Waals surface area contributed by atoms with Crippen molar-refractivity contribution >= 4 is 21.7 Å². The molecule has 5 heteroatoms. The minimum Gasteiger partial charge on any atom is -0.300 e. The van der Waals surface area contributed by atoms with Crippen LogP contribution in [0.2, 0.25) is 0 Å². The van der Waals surface area contributed by atoms with Gasteiger partial charge in [0.25, 0.3) is 0 Å². The van der Waals surface area contributed by atoms with E-state index in [1.165, 1.54) is 29.8 Å². The van der Waals surface area contributed by atoms with E-state index in [2.05, 4.69) is 0 Å². The standard InChI is InChI=1S/C3H6O.CBrF3/c1-3(2)4;2-1(3,4)5/h1-2H3;. The van der Waals surface area contributed by atoms with Crippen molar-refractivity contribution in [3.05, 3.63) is 0 Å². The molecule has 0 saturated carbocycles. The molecule has 0 aromatic carbocycles. The summed E-state index contributed by atoms with van der Waals surface area (Å²) in [6, 6.07) is 0. The highest BCUT2D eigenvalue weighted by atomic mass is 79.9. The summed E-state index contributed by atoms with van der Waals surface area (Å²) in [5, 5.41) is -4.19. The third-order valence-electron chi connectivity index (χ3n) is 0. The number of rotatable bonds is 0. The SMILES string of the molecule is CC(C)=O.FC(F)(F)Br. The number of ketones is 1. The number of alkyl halides is 4. The van der Waals surface area contributed by atoms with E-state index < -0.39 is 5.09 Å². The van der Waals surface area contributed by atoms with Gasteiger partial charge in [-0.3, -0.25) is 0 Å². The molecule has 1 nitrogen and oxygen atoms in total. The molecule has 0 heterocycles. The fraction of sp³-hybridized carbons (Fsp3) is 0.750. The van der Waals surface area contributed by atoms with Crippen molar-refractivity contribution in [2.75, 3.05) is 0 Å². The molecule has 0 unspecified atom stereocenters. The Morgan fingerprint density at radius 2 is 1.33 bits per heavy atom. The van der Waals surface area contributed by atoms with Crippen molar-refractivity contribution < 1.29 is 18.0 Å². The monoisotopic (exact) mass is 206 g/mol. The normalized spacial score (nSPS) is 9.56. The highest BCUT2D eigenvalue weighted by molar-refractivity contribution is 9.09. The number of hydrogen-bond acceptors (Lipinski definition) is 1. The second kappa shape index (κ2) is 4.78. The van der Waals surface area contributed by atoms with Gasteiger partial charge in [-0.25, -0.2) is 0 Å². The van der Waals surface area contributed by atoms with E-state index in [4.69, 9.17) is 0 Å². The van der Waals surface area contributed by atoms with Crippen LogP contribution in [0.3, 0.4) is 0 Å². The number of carbonyl (C=O) groups is 1. The van der Waals surface area contributed by atoms with E-state index >= 15 is 0 Å². The second-order valence-corrected chi connectivity index (χ2v) is 2.24. The lowest BCUT2D eigenvalue weighted by Gasteiger charge is -1.85. The van der Waals surface area contributed by atoms with E-state index in [0.29, 0.717) is 0 Å². The van der Waals surface area contributed by atoms with Gasteiger partial charge in [-0.05, 0) is 13.8 Å². The van der Waals surface area contributed by atoms with Crippen LogP contribution >= 0.6 is 15.9 Å². The van der Waals surface area contributed by atoms with Gasteiger partial charge >= 0.3 is 5.09 Å². The molecule has 0 aliphatic heterocycles. The van der Waals surface area contributed by atoms with Gasteiger partial charge in [0.2, 0.25) is 0 Å². The maximum absolute atomic E-state index is 10.3. The molecule has 0 amide bonds. The molecule has 0 rings (SSSR count). The lowest BCUT2D eigenvalue weighted by atomic mass is 10.6. The Bertz CT molecular complexity index is 78.3. The van der Waals surface area contributed by atoms with Crippen LogP contribution in [0, 0.1) is 0 Å². The van der Waals surface area contributed by atoms with Gasteiger partial charge in [0.05, 0.1) is 0 Å². The smallest absolute Gasteiger partial charge is 0.300 e. The highest BCUT2D eigenvalue weighted by Crippen LogP contribution is 2.21. The Morgan fingerprint density at radius 3 is 1.33 bits per heavy atom. The minimum absolute atomic E-state index is 0.167. The Hall–Kier alpha value is -0.0600. The number of hydrogen-bond donors (Lipinski definition) is 0. The number of Topliss-reactive ketones (excluding diaryl/α,β-unsaturated/α-hetero) is 1. The quantitative estimate of drug-likeness (QED) is 0.557. The first-order valence-corrected chi connectivity index (χ1v) is 2.75. The Kier molecular flexibility index (Phi) is 6.22. The van der Waals surface area contributed by atoms with Gasteiger partial charge < -0.3 is 4.79 Å². The maximum Gasteiger partial charge on any atom is 0.448 e. The Labute approximate surface area is 59.4 Å². The predicted molar refractivity (Wildman–Crippen MR) is 31.3 cm³/mol. The van der Waals surface area contributed by atoms with Gasteiger partial charge in [0.15, 0.2) is 0 Å². The average Bonchev–Trinajstić information content (AvgIpc) is 1.19. The summed E-state index contributed by atoms with van der Waals surface area (Å²) in [7, 11) is 0. The van der Waals surface area contributed by atoms with Crippen LogP contribution < -0.4 is 0 Å². The molecule has 0 aliphatic carbocycles. The van der Waals surface area contributed by atoms with Crippen molar-refractivity contribution in [3.63, 3.8) is 0 Å². The fourth-order valence-corrected chi connectivity index (χ4v) is 0. The van der Waals surface area contributed by atoms with E-state index in [9.17, 15) is 18.0 Å². The third-order valence-corrected chi connectivity index (χ3v) is 0. The van der Waals surface area contributed by atoms with Crippen LogP contribution in [-0.2, 0) is 4.79 Å². The van der Waals surface area contributed by atoms with Gasteiger partial charge in [0.1, 0.15) is 5.78 Å².